The van der Waals surface area contributed by atoms with Crippen molar-refractivity contribution in [3.05, 3.63) is 12.2 Å². The van der Waals surface area contributed by atoms with Crippen molar-refractivity contribution in [2.45, 2.75) is 129 Å². The summed E-state index contributed by atoms with van der Waals surface area (Å²) in [5, 5.41) is 13.2. The number of rotatable bonds is 21. The number of hydrogen-bond acceptors (Lipinski definition) is 3. The number of aliphatic hydroxyl groups is 1. The van der Waals surface area contributed by atoms with Gasteiger partial charge in [-0.25, -0.2) is 0 Å². The zero-order valence-electron chi connectivity index (χ0n) is 19.6. The summed E-state index contributed by atoms with van der Waals surface area (Å²) in [5.41, 5.74) is 0. The van der Waals surface area contributed by atoms with Crippen LogP contribution in [0.2, 0.25) is 0 Å². The summed E-state index contributed by atoms with van der Waals surface area (Å²) in [7, 11) is 0. The Balaban J connectivity index is 3.76. The first kappa shape index (κ1) is 28.1. The van der Waals surface area contributed by atoms with E-state index in [1.807, 2.05) is 12.2 Å². The molecule has 0 aromatic carbocycles. The minimum Gasteiger partial charge on any atom is -0.387 e. The molecule has 172 valence electrons. The zero-order chi connectivity index (χ0) is 21.6. The van der Waals surface area contributed by atoms with Gasteiger partial charge in [-0.3, -0.25) is 4.79 Å². The van der Waals surface area contributed by atoms with Crippen LogP contribution in [0.3, 0.4) is 0 Å². The van der Waals surface area contributed by atoms with E-state index in [2.05, 4.69) is 19.2 Å². The molecule has 0 aromatic heterocycles. The molecule has 0 aromatic rings. The minimum absolute atomic E-state index is 0.134. The van der Waals surface area contributed by atoms with E-state index in [0.29, 0.717) is 13.2 Å². The summed E-state index contributed by atoms with van der Waals surface area (Å²) in [5.74, 6) is -0.134. The molecule has 0 aliphatic rings. The van der Waals surface area contributed by atoms with Crippen LogP contribution in [-0.4, -0.2) is 36.4 Å². The van der Waals surface area contributed by atoms with Crippen LogP contribution >= 0.6 is 0 Å². The quantitative estimate of drug-likeness (QED) is 0.172. The SMILES string of the molecule is CCCCCCCCCCCCCC=CC(O)C(COCCCCC)NC(C)=O. The van der Waals surface area contributed by atoms with Gasteiger partial charge in [0, 0.05) is 13.5 Å². The first-order valence-electron chi connectivity index (χ1n) is 12.3. The normalized spacial score (nSPS) is 13.7. The molecule has 2 atom stereocenters. The zero-order valence-corrected chi connectivity index (χ0v) is 19.6. The highest BCUT2D eigenvalue weighted by molar-refractivity contribution is 5.73. The highest BCUT2D eigenvalue weighted by Crippen LogP contribution is 2.12. The maximum Gasteiger partial charge on any atom is 0.217 e. The number of hydrogen-bond donors (Lipinski definition) is 2. The van der Waals surface area contributed by atoms with Crippen molar-refractivity contribution in [2.24, 2.45) is 0 Å². The molecule has 2 unspecified atom stereocenters. The summed E-state index contributed by atoms with van der Waals surface area (Å²) in [6, 6.07) is -0.372. The molecule has 4 nitrogen and oxygen atoms in total. The average Bonchev–Trinajstić information content (AvgIpc) is 2.70. The number of carbonyl (C=O) groups is 1. The van der Waals surface area contributed by atoms with Gasteiger partial charge < -0.3 is 15.2 Å². The molecule has 0 aliphatic heterocycles. The molecular formula is C25H49NO3. The molecule has 0 bridgehead atoms. The third-order valence-corrected chi connectivity index (χ3v) is 5.30. The van der Waals surface area contributed by atoms with Gasteiger partial charge in [-0.1, -0.05) is 103 Å². The Morgan fingerprint density at radius 2 is 1.38 bits per heavy atom. The summed E-state index contributed by atoms with van der Waals surface area (Å²) < 4.78 is 5.63. The van der Waals surface area contributed by atoms with Gasteiger partial charge in [-0.15, -0.1) is 0 Å². The van der Waals surface area contributed by atoms with Gasteiger partial charge in [-0.2, -0.15) is 0 Å². The van der Waals surface area contributed by atoms with Gasteiger partial charge in [0.15, 0.2) is 0 Å². The maximum absolute atomic E-state index is 11.4. The third-order valence-electron chi connectivity index (χ3n) is 5.30. The molecule has 4 heteroatoms. The van der Waals surface area contributed by atoms with Crippen molar-refractivity contribution in [1.82, 2.24) is 5.32 Å². The Labute approximate surface area is 180 Å². The van der Waals surface area contributed by atoms with Crippen molar-refractivity contribution >= 4 is 5.91 Å². The summed E-state index contributed by atoms with van der Waals surface area (Å²) in [6.45, 7) is 6.93. The van der Waals surface area contributed by atoms with E-state index in [1.165, 1.54) is 71.1 Å². The molecule has 0 fully saturated rings. The van der Waals surface area contributed by atoms with Crippen LogP contribution < -0.4 is 5.32 Å². The van der Waals surface area contributed by atoms with E-state index in [0.717, 1.165) is 32.1 Å². The Kier molecular flexibility index (Phi) is 21.2. The van der Waals surface area contributed by atoms with E-state index in [-0.39, 0.29) is 11.9 Å². The lowest BCUT2D eigenvalue weighted by Gasteiger charge is -2.21. The average molecular weight is 412 g/mol. The molecule has 0 saturated heterocycles. The first-order valence-corrected chi connectivity index (χ1v) is 12.3. The van der Waals surface area contributed by atoms with Crippen molar-refractivity contribution < 1.29 is 14.6 Å². The van der Waals surface area contributed by atoms with Crippen LogP contribution in [0.15, 0.2) is 12.2 Å². The van der Waals surface area contributed by atoms with E-state index in [1.54, 1.807) is 0 Å². The molecule has 29 heavy (non-hydrogen) atoms. The molecule has 0 rings (SSSR count). The fourth-order valence-electron chi connectivity index (χ4n) is 3.45. The second-order valence-corrected chi connectivity index (χ2v) is 8.33. The Morgan fingerprint density at radius 3 is 1.93 bits per heavy atom. The van der Waals surface area contributed by atoms with Crippen LogP contribution in [-0.2, 0) is 9.53 Å². The molecule has 0 heterocycles. The fourth-order valence-corrected chi connectivity index (χ4v) is 3.45. The van der Waals surface area contributed by atoms with Crippen molar-refractivity contribution in [2.75, 3.05) is 13.2 Å². The summed E-state index contributed by atoms with van der Waals surface area (Å²) in [6.07, 6.45) is 22.2. The van der Waals surface area contributed by atoms with Crippen LogP contribution in [0.1, 0.15) is 117 Å². The standard InChI is InChI=1S/C25H49NO3/c1-4-6-8-9-10-11-12-13-14-15-16-17-18-20-25(28)24(26-23(3)27)22-29-21-19-7-5-2/h18,20,24-25,28H,4-17,19,21-22H2,1-3H3,(H,26,27). The smallest absolute Gasteiger partial charge is 0.217 e. The lowest BCUT2D eigenvalue weighted by molar-refractivity contribution is -0.120. The number of carbonyl (C=O) groups excluding carboxylic acids is 1. The maximum atomic E-state index is 11.4. The highest BCUT2D eigenvalue weighted by Gasteiger charge is 2.17. The van der Waals surface area contributed by atoms with E-state index in [4.69, 9.17) is 4.74 Å². The van der Waals surface area contributed by atoms with Crippen LogP contribution in [0, 0.1) is 0 Å². The summed E-state index contributed by atoms with van der Waals surface area (Å²) >= 11 is 0. The molecule has 0 saturated carbocycles. The highest BCUT2D eigenvalue weighted by atomic mass is 16.5. The van der Waals surface area contributed by atoms with Crippen molar-refractivity contribution in [3.8, 4) is 0 Å². The minimum atomic E-state index is -0.696. The van der Waals surface area contributed by atoms with Gasteiger partial charge in [0.2, 0.25) is 5.91 Å². The van der Waals surface area contributed by atoms with Crippen LogP contribution in [0.4, 0.5) is 0 Å². The largest absolute Gasteiger partial charge is 0.387 e. The third kappa shape index (κ3) is 20.2. The van der Waals surface area contributed by atoms with Crippen LogP contribution in [0.25, 0.3) is 0 Å². The predicted octanol–water partition coefficient (Wildman–Crippen LogP) is 6.32. The monoisotopic (exact) mass is 411 g/mol. The number of nitrogens with one attached hydrogen (secondary N) is 1. The lowest BCUT2D eigenvalue weighted by atomic mass is 10.0. The molecule has 0 spiro atoms. The molecule has 0 radical (unpaired) electrons. The van der Waals surface area contributed by atoms with Crippen LogP contribution in [0.5, 0.6) is 0 Å². The fraction of sp³-hybridized carbons (Fsp3) is 0.880. The number of unbranched alkanes of at least 4 members (excludes halogenated alkanes) is 13. The number of amides is 1. The molecule has 2 N–H and O–H groups in total. The number of ether oxygens (including phenoxy) is 1. The summed E-state index contributed by atoms with van der Waals surface area (Å²) in [4.78, 5) is 11.4. The topological polar surface area (TPSA) is 58.6 Å². The van der Waals surface area contributed by atoms with E-state index >= 15 is 0 Å². The molecule has 0 aliphatic carbocycles. The second-order valence-electron chi connectivity index (χ2n) is 8.33. The van der Waals surface area contributed by atoms with Gasteiger partial charge in [-0.05, 0) is 19.3 Å². The molecule has 1 amide bonds. The molecular weight excluding hydrogens is 362 g/mol. The number of aliphatic hydroxyl groups excluding tert-OH is 1. The predicted molar refractivity (Wildman–Crippen MR) is 124 cm³/mol. The van der Waals surface area contributed by atoms with E-state index in [9.17, 15) is 9.90 Å². The Hall–Kier alpha value is -0.870. The van der Waals surface area contributed by atoms with Crippen molar-refractivity contribution in [1.29, 1.82) is 0 Å². The Bertz CT molecular complexity index is 384. The van der Waals surface area contributed by atoms with E-state index < -0.39 is 6.10 Å². The van der Waals surface area contributed by atoms with Gasteiger partial charge in [0.05, 0.1) is 18.8 Å². The number of allylic oxidation sites excluding steroid dienone is 1. The second kappa shape index (κ2) is 21.8. The van der Waals surface area contributed by atoms with Crippen molar-refractivity contribution in [3.63, 3.8) is 0 Å². The Morgan fingerprint density at radius 1 is 0.862 bits per heavy atom. The first-order chi connectivity index (χ1) is 14.1. The van der Waals surface area contributed by atoms with Gasteiger partial charge in [0.1, 0.15) is 0 Å². The lowest BCUT2D eigenvalue weighted by Crippen LogP contribution is -2.44. The van der Waals surface area contributed by atoms with Gasteiger partial charge >= 0.3 is 0 Å². The van der Waals surface area contributed by atoms with Gasteiger partial charge in [0.25, 0.3) is 0 Å².